The zero-order valence-corrected chi connectivity index (χ0v) is 11.3. The van der Waals surface area contributed by atoms with Crippen LogP contribution in [0, 0.1) is 0 Å². The van der Waals surface area contributed by atoms with Crippen molar-refractivity contribution in [2.75, 3.05) is 7.11 Å². The van der Waals surface area contributed by atoms with Crippen molar-refractivity contribution >= 4 is 16.6 Å². The summed E-state index contributed by atoms with van der Waals surface area (Å²) in [5.41, 5.74) is 6.55. The van der Waals surface area contributed by atoms with Crippen LogP contribution in [0.2, 0.25) is 0 Å². The molecule has 2 aromatic carbocycles. The zero-order chi connectivity index (χ0) is 13.8. The van der Waals surface area contributed by atoms with Crippen LogP contribution < -0.4 is 10.5 Å². The van der Waals surface area contributed by atoms with Crippen molar-refractivity contribution in [1.82, 2.24) is 0 Å². The van der Waals surface area contributed by atoms with Gasteiger partial charge in [0.1, 0.15) is 5.75 Å². The van der Waals surface area contributed by atoms with Gasteiger partial charge < -0.3 is 10.5 Å². The number of benzene rings is 2. The summed E-state index contributed by atoms with van der Waals surface area (Å²) in [5, 5.41) is 2.10. The molecule has 0 aliphatic rings. The lowest BCUT2D eigenvalue weighted by atomic mass is 9.99. The number of carbonyl (C=O) groups is 1. The van der Waals surface area contributed by atoms with Crippen LogP contribution in [0.1, 0.15) is 30.1 Å². The van der Waals surface area contributed by atoms with E-state index in [9.17, 15) is 4.79 Å². The van der Waals surface area contributed by atoms with Crippen LogP contribution in [-0.2, 0) is 0 Å². The van der Waals surface area contributed by atoms with E-state index in [4.69, 9.17) is 10.5 Å². The van der Waals surface area contributed by atoms with Gasteiger partial charge in [0.25, 0.3) is 0 Å². The minimum Gasteiger partial charge on any atom is -0.497 e. The van der Waals surface area contributed by atoms with E-state index in [2.05, 4.69) is 0 Å². The van der Waals surface area contributed by atoms with Crippen molar-refractivity contribution in [1.29, 1.82) is 0 Å². The second-order valence-corrected chi connectivity index (χ2v) is 4.72. The lowest BCUT2D eigenvalue weighted by Gasteiger charge is -2.08. The van der Waals surface area contributed by atoms with E-state index >= 15 is 0 Å². The smallest absolute Gasteiger partial charge is 0.164 e. The van der Waals surface area contributed by atoms with E-state index in [0.29, 0.717) is 6.42 Å². The maximum absolute atomic E-state index is 12.1. The summed E-state index contributed by atoms with van der Waals surface area (Å²) in [4.78, 5) is 12.1. The Kier molecular flexibility index (Phi) is 4.17. The molecular weight excluding hydrogens is 238 g/mol. The lowest BCUT2D eigenvalue weighted by molar-refractivity contribution is 0.0974. The van der Waals surface area contributed by atoms with Gasteiger partial charge in [-0.25, -0.2) is 0 Å². The first-order valence-electron chi connectivity index (χ1n) is 6.50. The van der Waals surface area contributed by atoms with Crippen molar-refractivity contribution in [3.63, 3.8) is 0 Å². The van der Waals surface area contributed by atoms with Crippen molar-refractivity contribution in [2.24, 2.45) is 5.73 Å². The van der Waals surface area contributed by atoms with Gasteiger partial charge in [-0.1, -0.05) is 25.1 Å². The number of rotatable bonds is 5. The molecule has 0 aliphatic carbocycles. The predicted molar refractivity (Wildman–Crippen MR) is 77.7 cm³/mol. The summed E-state index contributed by atoms with van der Waals surface area (Å²) in [6.07, 6.45) is 1.22. The number of nitrogens with two attached hydrogens (primary N) is 1. The van der Waals surface area contributed by atoms with Crippen molar-refractivity contribution in [3.05, 3.63) is 42.0 Å². The molecule has 2 rings (SSSR count). The number of ether oxygens (including phenoxy) is 1. The molecule has 0 heterocycles. The monoisotopic (exact) mass is 257 g/mol. The molecule has 0 radical (unpaired) electrons. The molecule has 0 fully saturated rings. The average Bonchev–Trinajstić information content (AvgIpc) is 2.45. The lowest BCUT2D eigenvalue weighted by Crippen LogP contribution is -2.22. The van der Waals surface area contributed by atoms with E-state index in [1.54, 1.807) is 7.11 Å². The third kappa shape index (κ3) is 3.12. The molecule has 1 atom stereocenters. The summed E-state index contributed by atoms with van der Waals surface area (Å²) in [5.74, 6) is 0.923. The summed E-state index contributed by atoms with van der Waals surface area (Å²) in [6, 6.07) is 11.5. The highest BCUT2D eigenvalue weighted by Gasteiger charge is 2.10. The molecular formula is C16H19NO2. The first kappa shape index (κ1) is 13.6. The number of methoxy groups -OCH3 is 1. The van der Waals surface area contributed by atoms with Crippen LogP contribution in [0.4, 0.5) is 0 Å². The standard InChI is InChI=1S/C16H19NO2/c1-3-14(17)10-16(18)13-5-4-12-9-15(19-2)7-6-11(12)8-13/h4-9,14H,3,10,17H2,1-2H3. The van der Waals surface area contributed by atoms with Crippen LogP contribution in [0.5, 0.6) is 5.75 Å². The van der Waals surface area contributed by atoms with Gasteiger partial charge in [0.15, 0.2) is 5.78 Å². The molecule has 0 saturated heterocycles. The normalized spacial score (nSPS) is 12.4. The number of carbonyl (C=O) groups excluding carboxylic acids is 1. The number of fused-ring (bicyclic) bond motifs is 1. The molecule has 0 spiro atoms. The highest BCUT2D eigenvalue weighted by molar-refractivity contribution is 6.00. The highest BCUT2D eigenvalue weighted by atomic mass is 16.5. The molecule has 100 valence electrons. The Morgan fingerprint density at radius 1 is 1.21 bits per heavy atom. The van der Waals surface area contributed by atoms with Crippen molar-refractivity contribution in [3.8, 4) is 5.75 Å². The van der Waals surface area contributed by atoms with Crippen molar-refractivity contribution in [2.45, 2.75) is 25.8 Å². The van der Waals surface area contributed by atoms with Crippen molar-refractivity contribution < 1.29 is 9.53 Å². The largest absolute Gasteiger partial charge is 0.497 e. The van der Waals surface area contributed by atoms with E-state index in [1.807, 2.05) is 43.3 Å². The first-order chi connectivity index (χ1) is 9.13. The number of hydrogen-bond donors (Lipinski definition) is 1. The van der Waals surface area contributed by atoms with E-state index < -0.39 is 0 Å². The van der Waals surface area contributed by atoms with Gasteiger partial charge in [0, 0.05) is 18.0 Å². The first-order valence-corrected chi connectivity index (χ1v) is 6.50. The van der Waals surface area contributed by atoms with E-state index in [0.717, 1.165) is 28.5 Å². The fourth-order valence-corrected chi connectivity index (χ4v) is 2.02. The number of ketones is 1. The summed E-state index contributed by atoms with van der Waals surface area (Å²) in [6.45, 7) is 1.99. The van der Waals surface area contributed by atoms with Crippen LogP contribution in [-0.4, -0.2) is 18.9 Å². The number of Topliss-reactive ketones (excluding diaryl/α,β-unsaturated/α-hetero) is 1. The Labute approximate surface area is 113 Å². The maximum Gasteiger partial charge on any atom is 0.164 e. The Morgan fingerprint density at radius 2 is 1.89 bits per heavy atom. The zero-order valence-electron chi connectivity index (χ0n) is 11.3. The average molecular weight is 257 g/mol. The molecule has 2 N–H and O–H groups in total. The van der Waals surface area contributed by atoms with Crippen LogP contribution in [0.3, 0.4) is 0 Å². The Morgan fingerprint density at radius 3 is 2.58 bits per heavy atom. The highest BCUT2D eigenvalue weighted by Crippen LogP contribution is 2.22. The predicted octanol–water partition coefficient (Wildman–Crippen LogP) is 3.16. The molecule has 0 bridgehead atoms. The molecule has 2 aromatic rings. The van der Waals surface area contributed by atoms with Gasteiger partial charge >= 0.3 is 0 Å². The fraction of sp³-hybridized carbons (Fsp3) is 0.312. The fourth-order valence-electron chi connectivity index (χ4n) is 2.02. The summed E-state index contributed by atoms with van der Waals surface area (Å²) in [7, 11) is 1.64. The van der Waals surface area contributed by atoms with Gasteiger partial charge in [-0.15, -0.1) is 0 Å². The molecule has 0 aliphatic heterocycles. The summed E-state index contributed by atoms with van der Waals surface area (Å²) < 4.78 is 5.18. The van der Waals surface area contributed by atoms with Gasteiger partial charge in [-0.3, -0.25) is 4.79 Å². The van der Waals surface area contributed by atoms with E-state index in [1.165, 1.54) is 0 Å². The second-order valence-electron chi connectivity index (χ2n) is 4.72. The molecule has 1 unspecified atom stereocenters. The molecule has 3 nitrogen and oxygen atoms in total. The molecule has 19 heavy (non-hydrogen) atoms. The maximum atomic E-state index is 12.1. The van der Waals surface area contributed by atoms with Gasteiger partial charge in [-0.05, 0) is 35.4 Å². The minimum atomic E-state index is -0.0564. The van der Waals surface area contributed by atoms with Crippen LogP contribution >= 0.6 is 0 Å². The third-order valence-electron chi connectivity index (χ3n) is 3.34. The third-order valence-corrected chi connectivity index (χ3v) is 3.34. The Balaban J connectivity index is 2.29. The van der Waals surface area contributed by atoms with E-state index in [-0.39, 0.29) is 11.8 Å². The minimum absolute atomic E-state index is 0.0564. The molecule has 0 aromatic heterocycles. The van der Waals surface area contributed by atoms with Gasteiger partial charge in [0.2, 0.25) is 0 Å². The summed E-state index contributed by atoms with van der Waals surface area (Å²) >= 11 is 0. The molecule has 0 amide bonds. The quantitative estimate of drug-likeness (QED) is 0.837. The molecule has 3 heteroatoms. The second kappa shape index (κ2) is 5.85. The Bertz CT molecular complexity index is 592. The Hall–Kier alpha value is -1.87. The van der Waals surface area contributed by atoms with Crippen LogP contribution in [0.25, 0.3) is 10.8 Å². The number of hydrogen-bond acceptors (Lipinski definition) is 3. The molecule has 0 saturated carbocycles. The van der Waals surface area contributed by atoms with Gasteiger partial charge in [0.05, 0.1) is 7.11 Å². The SMILES string of the molecule is CCC(N)CC(=O)c1ccc2cc(OC)ccc2c1. The van der Waals surface area contributed by atoms with Crippen LogP contribution in [0.15, 0.2) is 36.4 Å². The van der Waals surface area contributed by atoms with Gasteiger partial charge in [-0.2, -0.15) is 0 Å². The topological polar surface area (TPSA) is 52.3 Å².